The fraction of sp³-hybridized carbons (Fsp3) is 0.364. The predicted octanol–water partition coefficient (Wildman–Crippen LogP) is 3.18. The molecule has 21 heavy (non-hydrogen) atoms. The van der Waals surface area contributed by atoms with Crippen molar-refractivity contribution in [1.29, 1.82) is 5.26 Å². The molecule has 0 spiro atoms. The number of alkyl halides is 6. The highest BCUT2D eigenvalue weighted by Gasteiger charge is 2.43. The predicted molar refractivity (Wildman–Crippen MR) is 58.7 cm³/mol. The summed E-state index contributed by atoms with van der Waals surface area (Å²) in [6.45, 7) is 0. The molecular weight excluding hydrogens is 324 g/mol. The van der Waals surface area contributed by atoms with Gasteiger partial charge in [0.25, 0.3) is 0 Å². The minimum Gasteiger partial charge on any atom is -0.224 e. The molecule has 0 fully saturated rings. The van der Waals surface area contributed by atoms with E-state index in [9.17, 15) is 34.8 Å². The quantitative estimate of drug-likeness (QED) is 0.799. The Bertz CT molecular complexity index is 657. The highest BCUT2D eigenvalue weighted by atomic mass is 32.2. The van der Waals surface area contributed by atoms with Crippen LogP contribution < -0.4 is 0 Å². The Labute approximate surface area is 115 Å². The third kappa shape index (κ3) is 4.35. The summed E-state index contributed by atoms with van der Waals surface area (Å²) < 4.78 is 97.9. The molecule has 0 aliphatic heterocycles. The summed E-state index contributed by atoms with van der Waals surface area (Å²) in [5.41, 5.74) is -1.30. The molecule has 0 amide bonds. The second kappa shape index (κ2) is 5.55. The van der Waals surface area contributed by atoms with Crippen molar-refractivity contribution in [2.24, 2.45) is 5.92 Å². The zero-order valence-electron chi connectivity index (χ0n) is 10.0. The van der Waals surface area contributed by atoms with Gasteiger partial charge in [-0.05, 0) is 18.2 Å². The molecule has 1 rings (SSSR count). The molecule has 10 heteroatoms. The molecule has 0 aliphatic carbocycles. The molecule has 116 valence electrons. The molecule has 0 N–H and O–H groups in total. The van der Waals surface area contributed by atoms with Crippen molar-refractivity contribution in [3.63, 3.8) is 0 Å². The summed E-state index contributed by atoms with van der Waals surface area (Å²) in [6.07, 6.45) is -9.91. The van der Waals surface area contributed by atoms with Gasteiger partial charge in [-0.25, -0.2) is 8.42 Å². The smallest absolute Gasteiger partial charge is 0.224 e. The standard InChI is InChI=1S/C11H7F6NO2S/c12-10(13,14)7-2-1-3-9(4-7)21(19,20)6-8(5-18)11(15,16)17/h1-4,8H,6H2. The van der Waals surface area contributed by atoms with Crippen LogP contribution in [0.15, 0.2) is 29.2 Å². The second-order valence-electron chi connectivity index (χ2n) is 4.03. The number of nitrogens with zero attached hydrogens (tertiary/aromatic N) is 1. The average Bonchev–Trinajstić information content (AvgIpc) is 2.34. The summed E-state index contributed by atoms with van der Waals surface area (Å²) in [6, 6.07) is 3.12. The van der Waals surface area contributed by atoms with Crippen LogP contribution in [0, 0.1) is 17.2 Å². The number of nitriles is 1. The molecule has 0 radical (unpaired) electrons. The van der Waals surface area contributed by atoms with E-state index < -0.39 is 44.3 Å². The normalized spacial score (nSPS) is 14.5. The minimum atomic E-state index is -5.08. The Morgan fingerprint density at radius 1 is 1.14 bits per heavy atom. The first kappa shape index (κ1) is 17.3. The van der Waals surface area contributed by atoms with Crippen molar-refractivity contribution >= 4 is 9.84 Å². The van der Waals surface area contributed by atoms with E-state index >= 15 is 0 Å². The summed E-state index contributed by atoms with van der Waals surface area (Å²) in [5, 5.41) is 8.34. The zero-order chi connectivity index (χ0) is 16.5. The molecule has 0 aliphatic rings. The van der Waals surface area contributed by atoms with Gasteiger partial charge in [0.2, 0.25) is 0 Å². The molecule has 0 heterocycles. The highest BCUT2D eigenvalue weighted by Crippen LogP contribution is 2.32. The van der Waals surface area contributed by atoms with E-state index in [1.807, 2.05) is 0 Å². The van der Waals surface area contributed by atoms with Crippen molar-refractivity contribution < 1.29 is 34.8 Å². The molecule has 0 aromatic heterocycles. The number of sulfone groups is 1. The van der Waals surface area contributed by atoms with Crippen LogP contribution in [0.3, 0.4) is 0 Å². The van der Waals surface area contributed by atoms with E-state index in [1.165, 1.54) is 0 Å². The maximum Gasteiger partial charge on any atom is 0.416 e. The van der Waals surface area contributed by atoms with E-state index in [-0.39, 0.29) is 6.07 Å². The number of halogens is 6. The SMILES string of the molecule is N#CC(CS(=O)(=O)c1cccc(C(F)(F)F)c1)C(F)(F)F. The van der Waals surface area contributed by atoms with Crippen LogP contribution >= 0.6 is 0 Å². The third-order valence-corrected chi connectivity index (χ3v) is 4.20. The molecule has 0 saturated carbocycles. The van der Waals surface area contributed by atoms with Crippen LogP contribution in [0.2, 0.25) is 0 Å². The minimum absolute atomic E-state index is 0.236. The van der Waals surface area contributed by atoms with Gasteiger partial charge >= 0.3 is 12.4 Å². The van der Waals surface area contributed by atoms with E-state index in [0.29, 0.717) is 6.07 Å². The Balaban J connectivity index is 3.18. The van der Waals surface area contributed by atoms with E-state index in [1.54, 1.807) is 0 Å². The Hall–Kier alpha value is -1.76. The van der Waals surface area contributed by atoms with Crippen molar-refractivity contribution in [2.75, 3.05) is 5.75 Å². The highest BCUT2D eigenvalue weighted by molar-refractivity contribution is 7.91. The van der Waals surface area contributed by atoms with Gasteiger partial charge in [0.05, 0.1) is 22.3 Å². The Morgan fingerprint density at radius 3 is 2.14 bits per heavy atom. The first-order valence-corrected chi connectivity index (χ1v) is 6.89. The maximum atomic E-state index is 12.4. The monoisotopic (exact) mass is 331 g/mol. The lowest BCUT2D eigenvalue weighted by Gasteiger charge is -2.14. The van der Waals surface area contributed by atoms with E-state index in [4.69, 9.17) is 5.26 Å². The first-order valence-electron chi connectivity index (χ1n) is 5.24. The first-order chi connectivity index (χ1) is 9.38. The van der Waals surface area contributed by atoms with Crippen LogP contribution in [0.4, 0.5) is 26.3 Å². The van der Waals surface area contributed by atoms with Gasteiger partial charge in [0, 0.05) is 0 Å². The van der Waals surface area contributed by atoms with E-state index in [0.717, 1.165) is 18.2 Å². The lowest BCUT2D eigenvalue weighted by molar-refractivity contribution is -0.153. The third-order valence-electron chi connectivity index (χ3n) is 2.46. The van der Waals surface area contributed by atoms with Crippen LogP contribution in [0.1, 0.15) is 5.56 Å². The Morgan fingerprint density at radius 2 is 1.71 bits per heavy atom. The molecule has 1 unspecified atom stereocenters. The maximum absolute atomic E-state index is 12.4. The van der Waals surface area contributed by atoms with Gasteiger partial charge in [-0.1, -0.05) is 6.07 Å². The van der Waals surface area contributed by atoms with Gasteiger partial charge in [0.1, 0.15) is 0 Å². The molecule has 1 aromatic carbocycles. The van der Waals surface area contributed by atoms with Crippen LogP contribution in [-0.2, 0) is 16.0 Å². The molecule has 1 aromatic rings. The summed E-state index contributed by atoms with van der Waals surface area (Å²) >= 11 is 0. The fourth-order valence-electron chi connectivity index (χ4n) is 1.39. The molecule has 0 saturated heterocycles. The van der Waals surface area contributed by atoms with Gasteiger partial charge in [-0.3, -0.25) is 0 Å². The van der Waals surface area contributed by atoms with Gasteiger partial charge in [0.15, 0.2) is 15.8 Å². The lowest BCUT2D eigenvalue weighted by atomic mass is 10.2. The lowest BCUT2D eigenvalue weighted by Crippen LogP contribution is -2.29. The van der Waals surface area contributed by atoms with Gasteiger partial charge in [-0.15, -0.1) is 0 Å². The molecule has 1 atom stereocenters. The largest absolute Gasteiger partial charge is 0.416 e. The summed E-state index contributed by atoms with van der Waals surface area (Å²) in [5.74, 6) is -4.44. The van der Waals surface area contributed by atoms with Gasteiger partial charge < -0.3 is 0 Å². The number of hydrogen-bond donors (Lipinski definition) is 0. The van der Waals surface area contributed by atoms with Crippen molar-refractivity contribution in [1.82, 2.24) is 0 Å². The fourth-order valence-corrected chi connectivity index (χ4v) is 2.87. The summed E-state index contributed by atoms with van der Waals surface area (Å²) in [4.78, 5) is -0.915. The topological polar surface area (TPSA) is 57.9 Å². The van der Waals surface area contributed by atoms with Gasteiger partial charge in [-0.2, -0.15) is 31.6 Å². The average molecular weight is 331 g/mol. The van der Waals surface area contributed by atoms with Crippen molar-refractivity contribution in [3.05, 3.63) is 29.8 Å². The van der Waals surface area contributed by atoms with Crippen LogP contribution in [0.5, 0.6) is 0 Å². The van der Waals surface area contributed by atoms with Crippen LogP contribution in [-0.4, -0.2) is 20.3 Å². The number of hydrogen-bond acceptors (Lipinski definition) is 3. The second-order valence-corrected chi connectivity index (χ2v) is 6.06. The molecule has 0 bridgehead atoms. The molecular formula is C11H7F6NO2S. The number of benzene rings is 1. The zero-order valence-corrected chi connectivity index (χ0v) is 10.9. The van der Waals surface area contributed by atoms with Crippen molar-refractivity contribution in [3.8, 4) is 6.07 Å². The summed E-state index contributed by atoms with van der Waals surface area (Å²) in [7, 11) is -4.68. The molecule has 3 nitrogen and oxygen atoms in total. The van der Waals surface area contributed by atoms with Crippen LogP contribution in [0.25, 0.3) is 0 Å². The Kier molecular flexibility index (Phi) is 4.57. The van der Waals surface area contributed by atoms with E-state index in [2.05, 4.69) is 0 Å². The number of rotatable bonds is 3. The van der Waals surface area contributed by atoms with Crippen molar-refractivity contribution in [2.45, 2.75) is 17.2 Å².